The monoisotopic (exact) mass is 476 g/mol. The van der Waals surface area contributed by atoms with Crippen molar-refractivity contribution in [1.29, 1.82) is 0 Å². The van der Waals surface area contributed by atoms with Crippen LogP contribution >= 0.6 is 11.6 Å². The Morgan fingerprint density at radius 1 is 1.00 bits per heavy atom. The fourth-order valence-corrected chi connectivity index (χ4v) is 4.04. The molecule has 0 fully saturated rings. The Balaban J connectivity index is 1.54. The van der Waals surface area contributed by atoms with Crippen LogP contribution in [0.3, 0.4) is 0 Å². The number of rotatable bonds is 5. The topological polar surface area (TPSA) is 75.0 Å². The molecule has 2 heterocycles. The highest BCUT2D eigenvalue weighted by Gasteiger charge is 2.18. The summed E-state index contributed by atoms with van der Waals surface area (Å²) >= 11 is 5.91. The van der Waals surface area contributed by atoms with Gasteiger partial charge in [0, 0.05) is 11.1 Å². The lowest BCUT2D eigenvalue weighted by Crippen LogP contribution is -2.15. The van der Waals surface area contributed by atoms with Gasteiger partial charge in [-0.25, -0.2) is 4.79 Å². The average Bonchev–Trinajstić information content (AvgIpc) is 2.85. The van der Waals surface area contributed by atoms with Gasteiger partial charge in [-0.05, 0) is 60.0 Å². The number of aryl methyl sites for hydroxylation is 1. The number of benzene rings is 3. The number of esters is 1. The predicted molar refractivity (Wildman–Crippen MR) is 129 cm³/mol. The maximum atomic E-state index is 13.4. The van der Waals surface area contributed by atoms with Gasteiger partial charge in [0.15, 0.2) is 11.5 Å². The Morgan fingerprint density at radius 3 is 2.53 bits per heavy atom. The van der Waals surface area contributed by atoms with E-state index in [9.17, 15) is 9.59 Å². The zero-order valence-corrected chi connectivity index (χ0v) is 19.2. The Bertz CT molecular complexity index is 1440. The second-order valence-electron chi connectivity index (χ2n) is 7.94. The van der Waals surface area contributed by atoms with E-state index >= 15 is 0 Å². The van der Waals surface area contributed by atoms with E-state index in [2.05, 4.69) is 0 Å². The highest BCUT2D eigenvalue weighted by Crippen LogP contribution is 2.35. The van der Waals surface area contributed by atoms with Crippen LogP contribution in [-0.2, 0) is 6.42 Å². The molecule has 1 aliphatic heterocycles. The van der Waals surface area contributed by atoms with E-state index in [0.29, 0.717) is 69.6 Å². The van der Waals surface area contributed by atoms with Gasteiger partial charge in [0.2, 0.25) is 5.43 Å². The molecular weight excluding hydrogens is 456 g/mol. The minimum Gasteiger partial charge on any atom is -0.486 e. The lowest BCUT2D eigenvalue weighted by atomic mass is 10.0. The summed E-state index contributed by atoms with van der Waals surface area (Å²) in [5.41, 5.74) is 2.38. The fraction of sp³-hybridized carbons (Fsp3) is 0.185. The minimum atomic E-state index is -0.511. The molecule has 172 valence electrons. The van der Waals surface area contributed by atoms with Gasteiger partial charge in [0.25, 0.3) is 0 Å². The second-order valence-corrected chi connectivity index (χ2v) is 8.38. The maximum absolute atomic E-state index is 13.4. The standard InChI is InChI=1S/C27H21ClO6/c1-2-3-18-12-20-24(14-23(18)34-27(30)16-4-7-19(28)8-5-16)33-15-21(26(20)29)17-6-9-22-25(13-17)32-11-10-31-22/h4-9,12-15H,2-3,10-11H2,1H3. The lowest BCUT2D eigenvalue weighted by Gasteiger charge is -2.18. The van der Waals surface area contributed by atoms with Gasteiger partial charge in [-0.1, -0.05) is 31.0 Å². The molecule has 0 unspecified atom stereocenters. The van der Waals surface area contributed by atoms with Gasteiger partial charge in [-0.3, -0.25) is 4.79 Å². The van der Waals surface area contributed by atoms with Gasteiger partial charge in [0.1, 0.15) is 30.8 Å². The van der Waals surface area contributed by atoms with Crippen molar-refractivity contribution < 1.29 is 23.4 Å². The Morgan fingerprint density at radius 2 is 1.76 bits per heavy atom. The molecule has 0 amide bonds. The van der Waals surface area contributed by atoms with E-state index in [-0.39, 0.29) is 5.43 Å². The molecule has 0 saturated heterocycles. The number of ether oxygens (including phenoxy) is 3. The molecule has 1 aromatic heterocycles. The van der Waals surface area contributed by atoms with E-state index in [1.165, 1.54) is 6.26 Å². The molecule has 3 aromatic carbocycles. The van der Waals surface area contributed by atoms with Gasteiger partial charge < -0.3 is 18.6 Å². The first-order valence-electron chi connectivity index (χ1n) is 11.0. The van der Waals surface area contributed by atoms with Crippen molar-refractivity contribution in [2.45, 2.75) is 19.8 Å². The van der Waals surface area contributed by atoms with Crippen LogP contribution < -0.4 is 19.6 Å². The van der Waals surface area contributed by atoms with Crippen LogP contribution in [0.5, 0.6) is 17.2 Å². The summed E-state index contributed by atoms with van der Waals surface area (Å²) in [5, 5.41) is 0.951. The molecule has 0 spiro atoms. The van der Waals surface area contributed by atoms with Crippen molar-refractivity contribution in [3.05, 3.63) is 87.2 Å². The van der Waals surface area contributed by atoms with Crippen LogP contribution in [0.2, 0.25) is 5.02 Å². The summed E-state index contributed by atoms with van der Waals surface area (Å²) in [6.45, 7) is 2.97. The normalized spacial score (nSPS) is 12.5. The van der Waals surface area contributed by atoms with E-state index < -0.39 is 5.97 Å². The Hall–Kier alpha value is -3.77. The molecule has 0 radical (unpaired) electrons. The SMILES string of the molecule is CCCc1cc2c(=O)c(-c3ccc4c(c3)OCCO4)coc2cc1OC(=O)c1ccc(Cl)cc1. The second kappa shape index (κ2) is 9.23. The molecule has 0 N–H and O–H groups in total. The van der Waals surface area contributed by atoms with Gasteiger partial charge in [-0.2, -0.15) is 0 Å². The lowest BCUT2D eigenvalue weighted by molar-refractivity contribution is 0.0733. The zero-order valence-electron chi connectivity index (χ0n) is 18.4. The van der Waals surface area contributed by atoms with Crippen LogP contribution in [0.1, 0.15) is 29.3 Å². The van der Waals surface area contributed by atoms with Crippen molar-refractivity contribution in [2.24, 2.45) is 0 Å². The fourth-order valence-electron chi connectivity index (χ4n) is 3.92. The molecule has 34 heavy (non-hydrogen) atoms. The van der Waals surface area contributed by atoms with Crippen molar-refractivity contribution in [2.75, 3.05) is 13.2 Å². The quantitative estimate of drug-likeness (QED) is 0.257. The number of fused-ring (bicyclic) bond motifs is 2. The molecule has 0 saturated carbocycles. The molecule has 0 atom stereocenters. The third-order valence-electron chi connectivity index (χ3n) is 5.61. The summed E-state index contributed by atoms with van der Waals surface area (Å²) in [5.74, 6) is 1.10. The van der Waals surface area contributed by atoms with Crippen LogP contribution in [0.15, 0.2) is 70.1 Å². The first-order chi connectivity index (χ1) is 16.5. The summed E-state index contributed by atoms with van der Waals surface area (Å²) in [6, 6.07) is 15.2. The number of hydrogen-bond donors (Lipinski definition) is 0. The van der Waals surface area contributed by atoms with Crippen LogP contribution in [0, 0.1) is 0 Å². The third kappa shape index (κ3) is 4.24. The highest BCUT2D eigenvalue weighted by molar-refractivity contribution is 6.30. The molecule has 7 heteroatoms. The molecule has 4 aromatic rings. The van der Waals surface area contributed by atoms with Crippen molar-refractivity contribution in [3.8, 4) is 28.4 Å². The molecule has 1 aliphatic rings. The van der Waals surface area contributed by atoms with Crippen molar-refractivity contribution in [3.63, 3.8) is 0 Å². The molecule has 6 nitrogen and oxygen atoms in total. The van der Waals surface area contributed by atoms with Crippen LogP contribution in [-0.4, -0.2) is 19.2 Å². The van der Waals surface area contributed by atoms with Gasteiger partial charge in [-0.15, -0.1) is 0 Å². The van der Waals surface area contributed by atoms with Crippen molar-refractivity contribution >= 4 is 28.5 Å². The van der Waals surface area contributed by atoms with E-state index in [1.54, 1.807) is 54.6 Å². The summed E-state index contributed by atoms with van der Waals surface area (Å²) in [4.78, 5) is 26.0. The van der Waals surface area contributed by atoms with E-state index in [0.717, 1.165) is 12.0 Å². The predicted octanol–water partition coefficient (Wildman–Crippen LogP) is 6.06. The Labute approximate surface area is 200 Å². The van der Waals surface area contributed by atoms with E-state index in [1.807, 2.05) is 6.92 Å². The summed E-state index contributed by atoms with van der Waals surface area (Å²) in [7, 11) is 0. The molecule has 0 bridgehead atoms. The van der Waals surface area contributed by atoms with Gasteiger partial charge >= 0.3 is 5.97 Å². The maximum Gasteiger partial charge on any atom is 0.343 e. The van der Waals surface area contributed by atoms with Crippen LogP contribution in [0.25, 0.3) is 22.1 Å². The number of hydrogen-bond acceptors (Lipinski definition) is 6. The number of halogens is 1. The van der Waals surface area contributed by atoms with Crippen LogP contribution in [0.4, 0.5) is 0 Å². The largest absolute Gasteiger partial charge is 0.486 e. The summed E-state index contributed by atoms with van der Waals surface area (Å²) < 4.78 is 22.7. The number of carbonyl (C=O) groups excluding carboxylic acids is 1. The minimum absolute atomic E-state index is 0.175. The first-order valence-corrected chi connectivity index (χ1v) is 11.4. The van der Waals surface area contributed by atoms with E-state index in [4.69, 9.17) is 30.2 Å². The average molecular weight is 477 g/mol. The van der Waals surface area contributed by atoms with Gasteiger partial charge in [0.05, 0.1) is 16.5 Å². The first kappa shape index (κ1) is 22.0. The smallest absolute Gasteiger partial charge is 0.343 e. The summed E-state index contributed by atoms with van der Waals surface area (Å²) in [6.07, 6.45) is 2.86. The molecule has 0 aliphatic carbocycles. The Kier molecular flexibility index (Phi) is 5.99. The third-order valence-corrected chi connectivity index (χ3v) is 5.86. The van der Waals surface area contributed by atoms with Crippen molar-refractivity contribution in [1.82, 2.24) is 0 Å². The molecular formula is C27H21ClO6. The number of carbonyl (C=O) groups is 1. The zero-order chi connectivity index (χ0) is 23.7. The molecule has 5 rings (SSSR count). The highest BCUT2D eigenvalue weighted by atomic mass is 35.5.